The normalized spacial score (nSPS) is 13.3. The molecule has 2 nitrogen and oxygen atoms in total. The van der Waals surface area contributed by atoms with E-state index in [4.69, 9.17) is 39.5 Å². The number of ether oxygens (including phenoxy) is 2. The van der Waals surface area contributed by atoms with Crippen LogP contribution in [0.3, 0.4) is 0 Å². The first-order chi connectivity index (χ1) is 9.24. The summed E-state index contributed by atoms with van der Waals surface area (Å²) in [5.74, 6) is 0.401. The lowest BCUT2D eigenvalue weighted by Crippen LogP contribution is -2.17. The molecule has 114 valence electrons. The summed E-state index contributed by atoms with van der Waals surface area (Å²) in [6.07, 6.45) is -4.16. The van der Waals surface area contributed by atoms with Gasteiger partial charge in [-0.25, -0.2) is 0 Å². The number of alkyl halides is 4. The van der Waals surface area contributed by atoms with Crippen molar-refractivity contribution in [1.82, 2.24) is 0 Å². The molecule has 0 saturated heterocycles. The molecule has 20 heavy (non-hydrogen) atoms. The molecule has 0 N–H and O–H groups in total. The summed E-state index contributed by atoms with van der Waals surface area (Å²) >= 11 is 18.0. The van der Waals surface area contributed by atoms with Crippen LogP contribution in [-0.2, 0) is 4.74 Å². The van der Waals surface area contributed by atoms with E-state index in [1.54, 1.807) is 0 Å². The number of hydrogen-bond acceptors (Lipinski definition) is 2. The van der Waals surface area contributed by atoms with Gasteiger partial charge in [-0.05, 0) is 18.1 Å². The molecule has 0 saturated carbocycles. The molecule has 8 heteroatoms. The van der Waals surface area contributed by atoms with Gasteiger partial charge in [0.1, 0.15) is 12.4 Å². The second kappa shape index (κ2) is 7.59. The Morgan fingerprint density at radius 1 is 1.20 bits per heavy atom. The molecule has 0 aliphatic carbocycles. The molecule has 1 aromatic carbocycles. The smallest absolute Gasteiger partial charge is 0.411 e. The Kier molecular flexibility index (Phi) is 6.72. The van der Waals surface area contributed by atoms with Gasteiger partial charge < -0.3 is 9.47 Å². The average Bonchev–Trinajstić information content (AvgIpc) is 2.35. The Morgan fingerprint density at radius 2 is 1.85 bits per heavy atom. The second-order valence-corrected chi connectivity index (χ2v) is 5.27. The molecule has 0 aliphatic rings. The highest BCUT2D eigenvalue weighted by Crippen LogP contribution is 2.37. The van der Waals surface area contributed by atoms with Crippen molar-refractivity contribution in [2.75, 3.05) is 20.3 Å². The van der Waals surface area contributed by atoms with Crippen LogP contribution in [0, 0.1) is 0 Å². The highest BCUT2D eigenvalue weighted by molar-refractivity contribution is 6.35. The summed E-state index contributed by atoms with van der Waals surface area (Å²) in [5, 5.41) is 0.0648. The van der Waals surface area contributed by atoms with Crippen LogP contribution in [-0.4, -0.2) is 26.5 Å². The first kappa shape index (κ1) is 17.7. The second-order valence-electron chi connectivity index (χ2n) is 3.93. The number of methoxy groups -OCH3 is 1. The molecule has 0 aliphatic heterocycles. The summed E-state index contributed by atoms with van der Waals surface area (Å²) < 4.78 is 45.2. The first-order valence-electron chi connectivity index (χ1n) is 5.56. The molecule has 1 rings (SSSR count). The van der Waals surface area contributed by atoms with Gasteiger partial charge in [-0.15, -0.1) is 11.6 Å². The van der Waals surface area contributed by atoms with E-state index in [2.05, 4.69) is 4.74 Å². The molecule has 0 heterocycles. The average molecular weight is 352 g/mol. The summed E-state index contributed by atoms with van der Waals surface area (Å²) in [6.45, 7) is -1.43. The Labute approximate surface area is 129 Å². The van der Waals surface area contributed by atoms with Gasteiger partial charge in [-0.2, -0.15) is 13.2 Å². The Hall–Kier alpha value is -0.360. The van der Waals surface area contributed by atoms with Gasteiger partial charge in [0.05, 0.1) is 17.5 Å². The summed E-state index contributed by atoms with van der Waals surface area (Å²) in [5.41, 5.74) is 0.523. The van der Waals surface area contributed by atoms with E-state index in [1.165, 1.54) is 19.2 Å². The molecule has 0 bridgehead atoms. The highest BCUT2D eigenvalue weighted by atomic mass is 35.5. The van der Waals surface area contributed by atoms with Crippen LogP contribution >= 0.6 is 34.8 Å². The van der Waals surface area contributed by atoms with Gasteiger partial charge in [0.25, 0.3) is 0 Å². The van der Waals surface area contributed by atoms with Crippen molar-refractivity contribution >= 4 is 34.8 Å². The molecular weight excluding hydrogens is 339 g/mol. The zero-order valence-electron chi connectivity index (χ0n) is 10.4. The number of hydrogen-bond donors (Lipinski definition) is 0. The lowest BCUT2D eigenvalue weighted by molar-refractivity contribution is -0.174. The third-order valence-corrected chi connectivity index (χ3v) is 3.47. The van der Waals surface area contributed by atoms with Crippen LogP contribution in [0.5, 0.6) is 5.75 Å². The number of rotatable bonds is 6. The van der Waals surface area contributed by atoms with Crippen LogP contribution in [0.15, 0.2) is 12.1 Å². The van der Waals surface area contributed by atoms with E-state index in [0.29, 0.717) is 21.4 Å². The van der Waals surface area contributed by atoms with Gasteiger partial charge in [-0.1, -0.05) is 23.2 Å². The van der Waals surface area contributed by atoms with Crippen molar-refractivity contribution < 1.29 is 22.6 Å². The molecule has 0 amide bonds. The molecule has 0 aromatic heterocycles. The minimum Gasteiger partial charge on any atom is -0.495 e. The van der Waals surface area contributed by atoms with Crippen LogP contribution in [0.25, 0.3) is 0 Å². The zero-order valence-corrected chi connectivity index (χ0v) is 12.7. The van der Waals surface area contributed by atoms with Crippen LogP contribution in [0.2, 0.25) is 10.0 Å². The molecule has 0 spiro atoms. The summed E-state index contributed by atoms with van der Waals surface area (Å²) in [7, 11) is 1.44. The maximum Gasteiger partial charge on any atom is 0.411 e. The first-order valence-corrected chi connectivity index (χ1v) is 6.75. The number of halogens is 6. The van der Waals surface area contributed by atoms with Crippen LogP contribution in [0.4, 0.5) is 13.2 Å². The van der Waals surface area contributed by atoms with Gasteiger partial charge in [0, 0.05) is 17.7 Å². The van der Waals surface area contributed by atoms with Gasteiger partial charge in [0.2, 0.25) is 0 Å². The Bertz CT molecular complexity index is 452. The van der Waals surface area contributed by atoms with Crippen molar-refractivity contribution in [1.29, 1.82) is 0 Å². The minimum atomic E-state index is -4.34. The van der Waals surface area contributed by atoms with E-state index in [9.17, 15) is 13.2 Å². The van der Waals surface area contributed by atoms with Crippen molar-refractivity contribution in [2.24, 2.45) is 0 Å². The lowest BCUT2D eigenvalue weighted by atomic mass is 10.1. The maximum absolute atomic E-state index is 11.9. The minimum absolute atomic E-state index is 0.131. The molecular formula is C12H12Cl3F3O2. The fourth-order valence-electron chi connectivity index (χ4n) is 1.47. The SMILES string of the molecule is COc1cc(Cl)c(C(Cl)CCOCC(F)(F)F)cc1Cl. The third-order valence-electron chi connectivity index (χ3n) is 2.39. The van der Waals surface area contributed by atoms with E-state index in [0.717, 1.165) is 0 Å². The highest BCUT2D eigenvalue weighted by Gasteiger charge is 2.27. The molecule has 1 unspecified atom stereocenters. The molecule has 0 radical (unpaired) electrons. The standard InChI is InChI=1S/C12H12Cl3F3O2/c1-19-11-5-9(14)7(4-10(11)15)8(13)2-3-20-6-12(16,17)18/h4-5,8H,2-3,6H2,1H3. The maximum atomic E-state index is 11.9. The predicted molar refractivity (Wildman–Crippen MR) is 73.1 cm³/mol. The molecule has 1 aromatic rings. The van der Waals surface area contributed by atoms with Crippen molar-refractivity contribution in [3.05, 3.63) is 27.7 Å². The zero-order chi connectivity index (χ0) is 15.3. The Balaban J connectivity index is 2.59. The predicted octanol–water partition coefficient (Wildman–Crippen LogP) is 5.25. The topological polar surface area (TPSA) is 18.5 Å². The van der Waals surface area contributed by atoms with Gasteiger partial charge in [0.15, 0.2) is 0 Å². The van der Waals surface area contributed by atoms with E-state index in [-0.39, 0.29) is 13.0 Å². The van der Waals surface area contributed by atoms with Crippen molar-refractivity contribution in [3.8, 4) is 5.75 Å². The monoisotopic (exact) mass is 350 g/mol. The fourth-order valence-corrected chi connectivity index (χ4v) is 2.33. The lowest BCUT2D eigenvalue weighted by Gasteiger charge is -2.14. The summed E-state index contributed by atoms with van der Waals surface area (Å²) in [4.78, 5) is 0. The van der Waals surface area contributed by atoms with Gasteiger partial charge >= 0.3 is 6.18 Å². The van der Waals surface area contributed by atoms with E-state index < -0.39 is 18.2 Å². The largest absolute Gasteiger partial charge is 0.495 e. The van der Waals surface area contributed by atoms with Crippen LogP contribution in [0.1, 0.15) is 17.4 Å². The number of benzene rings is 1. The van der Waals surface area contributed by atoms with Crippen molar-refractivity contribution in [3.63, 3.8) is 0 Å². The van der Waals surface area contributed by atoms with Gasteiger partial charge in [-0.3, -0.25) is 0 Å². The van der Waals surface area contributed by atoms with E-state index >= 15 is 0 Å². The Morgan fingerprint density at radius 3 is 2.40 bits per heavy atom. The van der Waals surface area contributed by atoms with E-state index in [1.807, 2.05) is 0 Å². The van der Waals surface area contributed by atoms with Crippen molar-refractivity contribution in [2.45, 2.75) is 18.0 Å². The quantitative estimate of drug-likeness (QED) is 0.515. The summed E-state index contributed by atoms with van der Waals surface area (Å²) in [6, 6.07) is 3.04. The molecule has 1 atom stereocenters. The van der Waals surface area contributed by atoms with Crippen LogP contribution < -0.4 is 4.74 Å². The third kappa shape index (κ3) is 5.56. The molecule has 0 fully saturated rings. The fraction of sp³-hybridized carbons (Fsp3) is 0.500.